The van der Waals surface area contributed by atoms with E-state index >= 15 is 0 Å². The number of hydroxylamine groups is 2. The molecule has 1 aromatic carbocycles. The monoisotopic (exact) mass is 223 g/mol. The highest BCUT2D eigenvalue weighted by atomic mass is 16.5. The Kier molecular flexibility index (Phi) is 4.47. The van der Waals surface area contributed by atoms with E-state index in [1.165, 1.54) is 0 Å². The average molecular weight is 223 g/mol. The molecule has 0 aliphatic heterocycles. The van der Waals surface area contributed by atoms with E-state index in [-0.39, 0.29) is 11.5 Å². The Morgan fingerprint density at radius 1 is 1.19 bits per heavy atom. The van der Waals surface area contributed by atoms with E-state index in [1.807, 2.05) is 30.3 Å². The van der Waals surface area contributed by atoms with Gasteiger partial charge in [0.05, 0.1) is 0 Å². The first-order valence-electron chi connectivity index (χ1n) is 4.84. The molecule has 0 spiro atoms. The Hall–Kier alpha value is -1.88. The van der Waals surface area contributed by atoms with Gasteiger partial charge in [0.2, 0.25) is 5.91 Å². The number of carboxylic acid groups (broad SMARTS) is 1. The van der Waals surface area contributed by atoms with E-state index < -0.39 is 18.4 Å². The Labute approximate surface area is 92.9 Å². The maximum Gasteiger partial charge on any atom is 0.325 e. The molecule has 0 aliphatic rings. The number of aliphatic carboxylic acids is 1. The largest absolute Gasteiger partial charge is 0.480 e. The summed E-state index contributed by atoms with van der Waals surface area (Å²) in [5.41, 5.74) is 0.972. The maximum atomic E-state index is 11.3. The molecule has 0 fully saturated rings. The lowest BCUT2D eigenvalue weighted by atomic mass is 10.1. The number of nitrogens with zero attached hydrogens (tertiary/aromatic N) is 1. The minimum absolute atomic E-state index is 0.0911. The number of hydrogen-bond donors (Lipinski definition) is 2. The second-order valence-corrected chi connectivity index (χ2v) is 3.33. The number of carboxylic acids is 1. The van der Waals surface area contributed by atoms with E-state index in [9.17, 15) is 9.59 Å². The zero-order chi connectivity index (χ0) is 12.0. The van der Waals surface area contributed by atoms with Crippen LogP contribution in [0.15, 0.2) is 30.3 Å². The lowest BCUT2D eigenvalue weighted by Crippen LogP contribution is -2.32. The van der Waals surface area contributed by atoms with Gasteiger partial charge in [0.25, 0.3) is 0 Å². The van der Waals surface area contributed by atoms with E-state index in [0.717, 1.165) is 5.56 Å². The minimum atomic E-state index is -1.24. The summed E-state index contributed by atoms with van der Waals surface area (Å²) in [4.78, 5) is 21.5. The standard InChI is InChI=1S/C11H13NO4/c13-10(12(16)8-11(14)15)7-6-9-4-2-1-3-5-9/h1-5,16H,6-8H2,(H,14,15). The molecular weight excluding hydrogens is 210 g/mol. The van der Waals surface area contributed by atoms with Crippen molar-refractivity contribution in [3.05, 3.63) is 35.9 Å². The molecule has 0 atom stereocenters. The van der Waals surface area contributed by atoms with Crippen molar-refractivity contribution in [2.75, 3.05) is 6.54 Å². The highest BCUT2D eigenvalue weighted by Gasteiger charge is 2.13. The number of amides is 1. The number of benzene rings is 1. The Morgan fingerprint density at radius 2 is 1.81 bits per heavy atom. The van der Waals surface area contributed by atoms with Crippen LogP contribution in [0.2, 0.25) is 0 Å². The molecule has 5 nitrogen and oxygen atoms in total. The summed E-state index contributed by atoms with van der Waals surface area (Å²) in [5.74, 6) is -1.83. The van der Waals surface area contributed by atoms with Crippen LogP contribution in [0.4, 0.5) is 0 Å². The molecule has 0 saturated carbocycles. The van der Waals surface area contributed by atoms with Gasteiger partial charge in [0.1, 0.15) is 6.54 Å². The van der Waals surface area contributed by atoms with E-state index in [2.05, 4.69) is 0 Å². The number of hydrogen-bond acceptors (Lipinski definition) is 3. The first-order valence-corrected chi connectivity index (χ1v) is 4.84. The van der Waals surface area contributed by atoms with Crippen molar-refractivity contribution in [3.63, 3.8) is 0 Å². The molecule has 5 heteroatoms. The zero-order valence-corrected chi connectivity index (χ0v) is 8.67. The SMILES string of the molecule is O=C(O)CN(O)C(=O)CCc1ccccc1. The molecule has 1 aromatic rings. The van der Waals surface area contributed by atoms with Crippen molar-refractivity contribution < 1.29 is 19.9 Å². The van der Waals surface area contributed by atoms with Gasteiger partial charge in [0.15, 0.2) is 0 Å². The van der Waals surface area contributed by atoms with Gasteiger partial charge in [-0.15, -0.1) is 0 Å². The van der Waals surface area contributed by atoms with Gasteiger partial charge >= 0.3 is 5.97 Å². The van der Waals surface area contributed by atoms with Gasteiger partial charge in [-0.2, -0.15) is 0 Å². The summed E-state index contributed by atoms with van der Waals surface area (Å²) in [5, 5.41) is 17.7. The van der Waals surface area contributed by atoms with Gasteiger partial charge in [0, 0.05) is 6.42 Å². The summed E-state index contributed by atoms with van der Waals surface area (Å²) < 4.78 is 0. The van der Waals surface area contributed by atoms with Gasteiger partial charge in [-0.3, -0.25) is 14.8 Å². The molecule has 2 N–H and O–H groups in total. The topological polar surface area (TPSA) is 77.8 Å². The van der Waals surface area contributed by atoms with Crippen molar-refractivity contribution in [2.24, 2.45) is 0 Å². The third-order valence-corrected chi connectivity index (χ3v) is 2.04. The first kappa shape index (κ1) is 12.2. The Bertz CT molecular complexity index is 364. The smallest absolute Gasteiger partial charge is 0.325 e. The molecule has 0 radical (unpaired) electrons. The van der Waals surface area contributed by atoms with Gasteiger partial charge in [-0.25, -0.2) is 5.06 Å². The fourth-order valence-corrected chi connectivity index (χ4v) is 1.24. The third kappa shape index (κ3) is 4.10. The van der Waals surface area contributed by atoms with Crippen molar-refractivity contribution in [2.45, 2.75) is 12.8 Å². The van der Waals surface area contributed by atoms with E-state index in [1.54, 1.807) is 0 Å². The summed E-state index contributed by atoms with van der Waals surface area (Å²) in [6.45, 7) is -0.687. The molecule has 16 heavy (non-hydrogen) atoms. The minimum Gasteiger partial charge on any atom is -0.480 e. The summed E-state index contributed by atoms with van der Waals surface area (Å²) >= 11 is 0. The molecule has 0 bridgehead atoms. The highest BCUT2D eigenvalue weighted by molar-refractivity contribution is 5.80. The van der Waals surface area contributed by atoms with Crippen molar-refractivity contribution >= 4 is 11.9 Å². The number of rotatable bonds is 5. The molecule has 0 unspecified atom stereocenters. The fraction of sp³-hybridized carbons (Fsp3) is 0.273. The van der Waals surface area contributed by atoms with Crippen molar-refractivity contribution in [1.29, 1.82) is 0 Å². The summed E-state index contributed by atoms with van der Waals surface area (Å²) in [6.07, 6.45) is 0.574. The Morgan fingerprint density at radius 3 is 2.38 bits per heavy atom. The molecular formula is C11H13NO4. The molecule has 1 rings (SSSR count). The maximum absolute atomic E-state index is 11.3. The number of aryl methyl sites for hydroxylation is 1. The van der Waals surface area contributed by atoms with Crippen molar-refractivity contribution in [1.82, 2.24) is 5.06 Å². The predicted molar refractivity (Wildman–Crippen MR) is 55.9 cm³/mol. The van der Waals surface area contributed by atoms with Gasteiger partial charge < -0.3 is 5.11 Å². The molecule has 0 saturated heterocycles. The third-order valence-electron chi connectivity index (χ3n) is 2.04. The molecule has 0 aliphatic carbocycles. The zero-order valence-electron chi connectivity index (χ0n) is 8.67. The molecule has 0 heterocycles. The van der Waals surface area contributed by atoms with E-state index in [0.29, 0.717) is 6.42 Å². The van der Waals surface area contributed by atoms with Crippen LogP contribution in [0, 0.1) is 0 Å². The van der Waals surface area contributed by atoms with Crippen LogP contribution in [-0.4, -0.2) is 33.8 Å². The van der Waals surface area contributed by atoms with Crippen LogP contribution in [-0.2, 0) is 16.0 Å². The summed E-state index contributed by atoms with van der Waals surface area (Å²) in [6, 6.07) is 9.31. The van der Waals surface area contributed by atoms with Crippen LogP contribution in [0.1, 0.15) is 12.0 Å². The summed E-state index contributed by atoms with van der Waals surface area (Å²) in [7, 11) is 0. The second kappa shape index (κ2) is 5.87. The van der Waals surface area contributed by atoms with Gasteiger partial charge in [-0.1, -0.05) is 30.3 Å². The van der Waals surface area contributed by atoms with Crippen LogP contribution in [0.5, 0.6) is 0 Å². The van der Waals surface area contributed by atoms with Crippen LogP contribution >= 0.6 is 0 Å². The molecule has 86 valence electrons. The number of carbonyl (C=O) groups is 2. The van der Waals surface area contributed by atoms with Gasteiger partial charge in [-0.05, 0) is 12.0 Å². The molecule has 0 aromatic heterocycles. The highest BCUT2D eigenvalue weighted by Crippen LogP contribution is 2.03. The van der Waals surface area contributed by atoms with Crippen LogP contribution in [0.3, 0.4) is 0 Å². The Balaban J connectivity index is 2.38. The fourth-order valence-electron chi connectivity index (χ4n) is 1.24. The first-order chi connectivity index (χ1) is 7.59. The normalized spacial score (nSPS) is 9.81. The lowest BCUT2D eigenvalue weighted by molar-refractivity contribution is -0.173. The van der Waals surface area contributed by atoms with Crippen molar-refractivity contribution in [3.8, 4) is 0 Å². The second-order valence-electron chi connectivity index (χ2n) is 3.33. The molecule has 1 amide bonds. The number of carbonyl (C=O) groups excluding carboxylic acids is 1. The predicted octanol–water partition coefficient (Wildman–Crippen LogP) is 0.922. The lowest BCUT2D eigenvalue weighted by Gasteiger charge is -2.11. The average Bonchev–Trinajstić information content (AvgIpc) is 2.26. The van der Waals surface area contributed by atoms with Crippen LogP contribution in [0.25, 0.3) is 0 Å². The quantitative estimate of drug-likeness (QED) is 0.574. The van der Waals surface area contributed by atoms with Crippen LogP contribution < -0.4 is 0 Å². The van der Waals surface area contributed by atoms with E-state index in [4.69, 9.17) is 10.3 Å².